The molecule has 1 aromatic carbocycles. The Labute approximate surface area is 116 Å². The van der Waals surface area contributed by atoms with Crippen LogP contribution in [0.3, 0.4) is 0 Å². The van der Waals surface area contributed by atoms with Gasteiger partial charge >= 0.3 is 0 Å². The fourth-order valence-electron chi connectivity index (χ4n) is 2.10. The standard InChI is InChI=1S/C16H27NO2/c1-12(18)10-17(11-13(2)19)15-8-6-14(7-9-15)16(3,4)5/h6-9,12-13,18-19H,10-11H2,1-5H3. The predicted octanol–water partition coefficient (Wildman–Crippen LogP) is 2.55. The Morgan fingerprint density at radius 2 is 1.37 bits per heavy atom. The highest BCUT2D eigenvalue weighted by molar-refractivity contribution is 5.48. The second-order valence-corrected chi connectivity index (χ2v) is 6.40. The van der Waals surface area contributed by atoms with E-state index in [1.165, 1.54) is 5.56 Å². The number of hydrogen-bond acceptors (Lipinski definition) is 3. The summed E-state index contributed by atoms with van der Waals surface area (Å²) in [7, 11) is 0. The van der Waals surface area contributed by atoms with Crippen LogP contribution in [0.15, 0.2) is 24.3 Å². The highest BCUT2D eigenvalue weighted by atomic mass is 16.3. The maximum Gasteiger partial charge on any atom is 0.0687 e. The van der Waals surface area contributed by atoms with Gasteiger partial charge in [-0.25, -0.2) is 0 Å². The molecular weight excluding hydrogens is 238 g/mol. The lowest BCUT2D eigenvalue weighted by Crippen LogP contribution is -2.36. The average molecular weight is 265 g/mol. The van der Waals surface area contributed by atoms with Crippen molar-refractivity contribution in [3.8, 4) is 0 Å². The minimum atomic E-state index is -0.416. The fourth-order valence-corrected chi connectivity index (χ4v) is 2.10. The zero-order valence-electron chi connectivity index (χ0n) is 12.7. The van der Waals surface area contributed by atoms with Gasteiger partial charge in [-0.2, -0.15) is 0 Å². The molecule has 1 rings (SSSR count). The van der Waals surface area contributed by atoms with Crippen LogP contribution in [0.25, 0.3) is 0 Å². The second-order valence-electron chi connectivity index (χ2n) is 6.40. The first kappa shape index (κ1) is 16.0. The Hall–Kier alpha value is -1.06. The van der Waals surface area contributed by atoms with Crippen LogP contribution in [0.1, 0.15) is 40.2 Å². The molecule has 2 N–H and O–H groups in total. The van der Waals surface area contributed by atoms with Gasteiger partial charge < -0.3 is 15.1 Å². The van der Waals surface area contributed by atoms with Gasteiger partial charge in [-0.1, -0.05) is 32.9 Å². The number of anilines is 1. The lowest BCUT2D eigenvalue weighted by molar-refractivity contribution is 0.178. The van der Waals surface area contributed by atoms with E-state index in [0.29, 0.717) is 13.1 Å². The highest BCUT2D eigenvalue weighted by Crippen LogP contribution is 2.25. The third kappa shape index (κ3) is 5.21. The summed E-state index contributed by atoms with van der Waals surface area (Å²) in [4.78, 5) is 2.02. The van der Waals surface area contributed by atoms with Gasteiger partial charge in [-0.3, -0.25) is 0 Å². The smallest absolute Gasteiger partial charge is 0.0687 e. The normalized spacial score (nSPS) is 15.1. The maximum absolute atomic E-state index is 9.56. The summed E-state index contributed by atoms with van der Waals surface area (Å²) in [5.74, 6) is 0. The van der Waals surface area contributed by atoms with Crippen molar-refractivity contribution in [1.29, 1.82) is 0 Å². The Bertz CT molecular complexity index is 367. The molecule has 3 heteroatoms. The predicted molar refractivity (Wildman–Crippen MR) is 80.7 cm³/mol. The van der Waals surface area contributed by atoms with Crippen molar-refractivity contribution in [3.05, 3.63) is 29.8 Å². The van der Waals surface area contributed by atoms with Crippen LogP contribution in [0.2, 0.25) is 0 Å². The molecule has 0 aromatic heterocycles. The number of nitrogens with zero attached hydrogens (tertiary/aromatic N) is 1. The quantitative estimate of drug-likeness (QED) is 0.860. The van der Waals surface area contributed by atoms with E-state index in [1.807, 2.05) is 4.90 Å². The van der Waals surface area contributed by atoms with Gasteiger partial charge in [0.2, 0.25) is 0 Å². The molecule has 3 nitrogen and oxygen atoms in total. The third-order valence-electron chi connectivity index (χ3n) is 3.07. The number of aliphatic hydroxyl groups excluding tert-OH is 2. The molecule has 19 heavy (non-hydrogen) atoms. The van der Waals surface area contributed by atoms with Crippen LogP contribution < -0.4 is 4.90 Å². The summed E-state index contributed by atoms with van der Waals surface area (Å²) in [5.41, 5.74) is 2.46. The van der Waals surface area contributed by atoms with Gasteiger partial charge in [0.1, 0.15) is 0 Å². The van der Waals surface area contributed by atoms with Gasteiger partial charge in [0.05, 0.1) is 12.2 Å². The molecule has 1 aromatic rings. The first-order chi connectivity index (χ1) is 8.70. The van der Waals surface area contributed by atoms with Crippen LogP contribution >= 0.6 is 0 Å². The monoisotopic (exact) mass is 265 g/mol. The Morgan fingerprint density at radius 3 is 1.68 bits per heavy atom. The molecule has 2 unspecified atom stereocenters. The maximum atomic E-state index is 9.56. The van der Waals surface area contributed by atoms with Gasteiger partial charge in [-0.05, 0) is 37.0 Å². The summed E-state index contributed by atoms with van der Waals surface area (Å²) in [6, 6.07) is 8.36. The summed E-state index contributed by atoms with van der Waals surface area (Å²) < 4.78 is 0. The van der Waals surface area contributed by atoms with Crippen molar-refractivity contribution in [2.75, 3.05) is 18.0 Å². The largest absolute Gasteiger partial charge is 0.392 e. The van der Waals surface area contributed by atoms with E-state index in [2.05, 4.69) is 45.0 Å². The average Bonchev–Trinajstić information content (AvgIpc) is 2.26. The molecule has 0 fully saturated rings. The molecule has 0 aliphatic heterocycles. The molecule has 0 saturated carbocycles. The lowest BCUT2D eigenvalue weighted by Gasteiger charge is -2.28. The van der Waals surface area contributed by atoms with Crippen LogP contribution in [0.5, 0.6) is 0 Å². The van der Waals surface area contributed by atoms with Crippen molar-refractivity contribution in [3.63, 3.8) is 0 Å². The number of aliphatic hydroxyl groups is 2. The Morgan fingerprint density at radius 1 is 0.947 bits per heavy atom. The van der Waals surface area contributed by atoms with Crippen molar-refractivity contribution < 1.29 is 10.2 Å². The minimum Gasteiger partial charge on any atom is -0.392 e. The molecule has 0 aliphatic carbocycles. The third-order valence-corrected chi connectivity index (χ3v) is 3.07. The van der Waals surface area contributed by atoms with Gasteiger partial charge in [-0.15, -0.1) is 0 Å². The summed E-state index contributed by atoms with van der Waals surface area (Å²) in [6.07, 6.45) is -0.831. The van der Waals surface area contributed by atoms with Gasteiger partial charge in [0.15, 0.2) is 0 Å². The van der Waals surface area contributed by atoms with E-state index in [9.17, 15) is 10.2 Å². The Balaban J connectivity index is 2.90. The van der Waals surface area contributed by atoms with Crippen LogP contribution in [-0.4, -0.2) is 35.5 Å². The van der Waals surface area contributed by atoms with Crippen molar-refractivity contribution in [1.82, 2.24) is 0 Å². The highest BCUT2D eigenvalue weighted by Gasteiger charge is 2.15. The molecule has 0 heterocycles. The Kier molecular flexibility index (Phi) is 5.39. The van der Waals surface area contributed by atoms with E-state index < -0.39 is 12.2 Å². The van der Waals surface area contributed by atoms with Crippen molar-refractivity contribution in [2.24, 2.45) is 0 Å². The van der Waals surface area contributed by atoms with Crippen molar-refractivity contribution in [2.45, 2.75) is 52.2 Å². The topological polar surface area (TPSA) is 43.7 Å². The fraction of sp³-hybridized carbons (Fsp3) is 0.625. The number of hydrogen-bond donors (Lipinski definition) is 2. The molecule has 0 saturated heterocycles. The summed E-state index contributed by atoms with van der Waals surface area (Å²) in [5, 5.41) is 19.1. The first-order valence-electron chi connectivity index (χ1n) is 6.92. The SMILES string of the molecule is CC(O)CN(CC(C)O)c1ccc(C(C)(C)C)cc1. The van der Waals surface area contributed by atoms with E-state index in [1.54, 1.807) is 13.8 Å². The minimum absolute atomic E-state index is 0.137. The van der Waals surface area contributed by atoms with E-state index in [4.69, 9.17) is 0 Å². The first-order valence-corrected chi connectivity index (χ1v) is 6.92. The van der Waals surface area contributed by atoms with Crippen LogP contribution in [0.4, 0.5) is 5.69 Å². The number of rotatable bonds is 5. The van der Waals surface area contributed by atoms with E-state index >= 15 is 0 Å². The van der Waals surface area contributed by atoms with Crippen LogP contribution in [-0.2, 0) is 5.41 Å². The van der Waals surface area contributed by atoms with Crippen molar-refractivity contribution >= 4 is 5.69 Å². The molecular formula is C16H27NO2. The van der Waals surface area contributed by atoms with Gasteiger partial charge in [0, 0.05) is 18.8 Å². The summed E-state index contributed by atoms with van der Waals surface area (Å²) >= 11 is 0. The van der Waals surface area contributed by atoms with E-state index in [-0.39, 0.29) is 5.41 Å². The molecule has 0 bridgehead atoms. The summed E-state index contributed by atoms with van der Waals surface area (Å²) in [6.45, 7) is 11.1. The molecule has 0 radical (unpaired) electrons. The van der Waals surface area contributed by atoms with E-state index in [0.717, 1.165) is 5.69 Å². The van der Waals surface area contributed by atoms with Crippen LogP contribution in [0, 0.1) is 0 Å². The molecule has 0 amide bonds. The zero-order valence-corrected chi connectivity index (χ0v) is 12.7. The molecule has 2 atom stereocenters. The number of benzene rings is 1. The molecule has 0 spiro atoms. The second kappa shape index (κ2) is 6.40. The molecule has 108 valence electrons. The van der Waals surface area contributed by atoms with Gasteiger partial charge in [0.25, 0.3) is 0 Å². The zero-order chi connectivity index (χ0) is 14.6. The molecule has 0 aliphatic rings. The lowest BCUT2D eigenvalue weighted by atomic mass is 9.87.